The number of Topliss-reactive ketones (excluding diaryl/α,β-unsaturated/α-hetero) is 2. The third kappa shape index (κ3) is 2.01. The van der Waals surface area contributed by atoms with Crippen molar-refractivity contribution >= 4 is 22.9 Å². The van der Waals surface area contributed by atoms with Crippen molar-refractivity contribution < 1.29 is 19.4 Å². The molecule has 0 unspecified atom stereocenters. The van der Waals surface area contributed by atoms with Crippen LogP contribution in [0.1, 0.15) is 21.5 Å². The molecule has 2 aromatic rings. The van der Waals surface area contributed by atoms with Gasteiger partial charge in [-0.25, -0.2) is 0 Å². The summed E-state index contributed by atoms with van der Waals surface area (Å²) in [7, 11) is 1.47. The van der Waals surface area contributed by atoms with Gasteiger partial charge < -0.3 is 9.84 Å². The molecular formula is C17H12O4. The van der Waals surface area contributed by atoms with Crippen molar-refractivity contribution in [2.45, 2.75) is 0 Å². The van der Waals surface area contributed by atoms with Crippen LogP contribution in [0.4, 0.5) is 0 Å². The number of aliphatic hydroxyl groups is 1. The van der Waals surface area contributed by atoms with Crippen LogP contribution in [0.3, 0.4) is 0 Å². The lowest BCUT2D eigenvalue weighted by Gasteiger charge is -2.18. The van der Waals surface area contributed by atoms with Gasteiger partial charge in [-0.3, -0.25) is 9.59 Å². The quantitative estimate of drug-likeness (QED) is 0.859. The van der Waals surface area contributed by atoms with Crippen LogP contribution in [0.25, 0.3) is 11.3 Å². The van der Waals surface area contributed by atoms with Gasteiger partial charge in [0.2, 0.25) is 11.6 Å². The Labute approximate surface area is 121 Å². The van der Waals surface area contributed by atoms with Crippen molar-refractivity contribution in [3.8, 4) is 5.75 Å². The molecule has 4 nitrogen and oxygen atoms in total. The Bertz CT molecular complexity index is 773. The zero-order valence-electron chi connectivity index (χ0n) is 11.3. The summed E-state index contributed by atoms with van der Waals surface area (Å²) in [6.07, 6.45) is 0. The molecule has 0 bridgehead atoms. The Kier molecular flexibility index (Phi) is 3.06. The minimum Gasteiger partial charge on any atom is -0.506 e. The molecule has 21 heavy (non-hydrogen) atoms. The third-order valence-corrected chi connectivity index (χ3v) is 3.46. The topological polar surface area (TPSA) is 63.6 Å². The Morgan fingerprint density at radius 1 is 0.905 bits per heavy atom. The second-order valence-corrected chi connectivity index (χ2v) is 4.66. The number of ether oxygens (including phenoxy) is 1. The van der Waals surface area contributed by atoms with Crippen molar-refractivity contribution in [3.63, 3.8) is 0 Å². The van der Waals surface area contributed by atoms with Gasteiger partial charge >= 0.3 is 0 Å². The van der Waals surface area contributed by atoms with Crippen molar-refractivity contribution in [2.75, 3.05) is 7.11 Å². The number of carbonyl (C=O) groups excluding carboxylic acids is 2. The lowest BCUT2D eigenvalue weighted by Crippen LogP contribution is -2.23. The van der Waals surface area contributed by atoms with E-state index in [1.165, 1.54) is 13.2 Å². The van der Waals surface area contributed by atoms with Crippen LogP contribution in [-0.2, 0) is 4.79 Å². The summed E-state index contributed by atoms with van der Waals surface area (Å²) in [4.78, 5) is 24.6. The van der Waals surface area contributed by atoms with E-state index in [2.05, 4.69) is 0 Å². The SMILES string of the molecule is COc1ccc2c(c1)C(=O)C(=O)C(c1ccccc1)=C2O. The summed E-state index contributed by atoms with van der Waals surface area (Å²) in [6.45, 7) is 0. The normalized spacial score (nSPS) is 14.1. The average molecular weight is 280 g/mol. The Morgan fingerprint density at radius 3 is 2.29 bits per heavy atom. The van der Waals surface area contributed by atoms with Gasteiger partial charge in [-0.15, -0.1) is 0 Å². The fraction of sp³-hybridized carbons (Fsp3) is 0.0588. The Balaban J connectivity index is 2.26. The molecule has 0 heterocycles. The number of fused-ring (bicyclic) bond motifs is 1. The monoisotopic (exact) mass is 280 g/mol. The number of rotatable bonds is 2. The zero-order valence-corrected chi connectivity index (χ0v) is 11.3. The molecule has 0 amide bonds. The first-order valence-corrected chi connectivity index (χ1v) is 6.39. The van der Waals surface area contributed by atoms with Crippen molar-refractivity contribution in [3.05, 3.63) is 65.2 Å². The molecule has 1 aliphatic rings. The number of hydrogen-bond donors (Lipinski definition) is 1. The minimum atomic E-state index is -0.709. The molecule has 1 N–H and O–H groups in total. The molecule has 0 fully saturated rings. The molecule has 0 radical (unpaired) electrons. The average Bonchev–Trinajstić information content (AvgIpc) is 2.53. The van der Waals surface area contributed by atoms with Gasteiger partial charge in [0.1, 0.15) is 11.5 Å². The first-order chi connectivity index (χ1) is 10.1. The predicted octanol–water partition coefficient (Wildman–Crippen LogP) is 2.89. The fourth-order valence-electron chi connectivity index (χ4n) is 2.40. The van der Waals surface area contributed by atoms with E-state index in [0.717, 1.165) is 0 Å². The number of carbonyl (C=O) groups is 2. The molecule has 0 saturated carbocycles. The van der Waals surface area contributed by atoms with Crippen LogP contribution < -0.4 is 4.74 Å². The number of hydrogen-bond acceptors (Lipinski definition) is 4. The van der Waals surface area contributed by atoms with Gasteiger partial charge in [0.15, 0.2) is 0 Å². The maximum absolute atomic E-state index is 12.3. The van der Waals surface area contributed by atoms with Crippen LogP contribution in [0, 0.1) is 0 Å². The number of aliphatic hydroxyl groups excluding tert-OH is 1. The van der Waals surface area contributed by atoms with E-state index in [-0.39, 0.29) is 16.9 Å². The second kappa shape index (κ2) is 4.90. The first kappa shape index (κ1) is 13.1. The van der Waals surface area contributed by atoms with E-state index in [1.54, 1.807) is 42.5 Å². The van der Waals surface area contributed by atoms with E-state index in [9.17, 15) is 14.7 Å². The Morgan fingerprint density at radius 2 is 1.62 bits per heavy atom. The highest BCUT2D eigenvalue weighted by Gasteiger charge is 2.33. The lowest BCUT2D eigenvalue weighted by molar-refractivity contribution is -0.110. The van der Waals surface area contributed by atoms with Gasteiger partial charge in [-0.05, 0) is 23.8 Å². The summed E-state index contributed by atoms with van der Waals surface area (Å²) >= 11 is 0. The number of allylic oxidation sites excluding steroid dienone is 1. The van der Waals surface area contributed by atoms with Crippen LogP contribution in [0.2, 0.25) is 0 Å². The van der Waals surface area contributed by atoms with Gasteiger partial charge in [0.05, 0.1) is 12.7 Å². The van der Waals surface area contributed by atoms with Crippen LogP contribution in [-0.4, -0.2) is 23.8 Å². The highest BCUT2D eigenvalue weighted by molar-refractivity contribution is 6.62. The van der Waals surface area contributed by atoms with E-state index in [4.69, 9.17) is 4.74 Å². The third-order valence-electron chi connectivity index (χ3n) is 3.46. The molecule has 0 saturated heterocycles. The number of benzene rings is 2. The van der Waals surface area contributed by atoms with Crippen molar-refractivity contribution in [1.29, 1.82) is 0 Å². The van der Waals surface area contributed by atoms with Crippen molar-refractivity contribution in [1.82, 2.24) is 0 Å². The summed E-state index contributed by atoms with van der Waals surface area (Å²) in [5.41, 5.74) is 1.07. The Hall–Kier alpha value is -2.88. The highest BCUT2D eigenvalue weighted by atomic mass is 16.5. The highest BCUT2D eigenvalue weighted by Crippen LogP contribution is 2.34. The lowest BCUT2D eigenvalue weighted by atomic mass is 9.85. The van der Waals surface area contributed by atoms with Crippen LogP contribution in [0.15, 0.2) is 48.5 Å². The standard InChI is InChI=1S/C17H12O4/c1-21-11-7-8-12-13(9-11)16(19)17(20)14(15(12)18)10-5-3-2-4-6-10/h2-9,18H,1H3. The maximum Gasteiger partial charge on any atom is 0.237 e. The minimum absolute atomic E-state index is 0.0401. The predicted molar refractivity (Wildman–Crippen MR) is 78.2 cm³/mol. The first-order valence-electron chi connectivity index (χ1n) is 6.39. The van der Waals surface area contributed by atoms with E-state index in [1.807, 2.05) is 0 Å². The molecule has 2 aromatic carbocycles. The summed E-state index contributed by atoms with van der Waals surface area (Å²) in [5, 5.41) is 10.4. The molecule has 0 aliphatic heterocycles. The summed E-state index contributed by atoms with van der Waals surface area (Å²) in [5.74, 6) is -1.06. The number of ketones is 2. The molecule has 0 spiro atoms. The molecule has 4 heteroatoms. The molecule has 104 valence electrons. The van der Waals surface area contributed by atoms with Gasteiger partial charge in [-0.2, -0.15) is 0 Å². The maximum atomic E-state index is 12.3. The fourth-order valence-corrected chi connectivity index (χ4v) is 2.40. The second-order valence-electron chi connectivity index (χ2n) is 4.66. The molecule has 0 atom stereocenters. The molecule has 0 aromatic heterocycles. The summed E-state index contributed by atoms with van der Waals surface area (Å²) in [6, 6.07) is 13.4. The van der Waals surface area contributed by atoms with E-state index >= 15 is 0 Å². The van der Waals surface area contributed by atoms with Gasteiger partial charge in [0, 0.05) is 11.1 Å². The molecule has 3 rings (SSSR count). The van der Waals surface area contributed by atoms with E-state index in [0.29, 0.717) is 16.9 Å². The largest absolute Gasteiger partial charge is 0.506 e. The molecule has 1 aliphatic carbocycles. The van der Waals surface area contributed by atoms with Crippen LogP contribution >= 0.6 is 0 Å². The smallest absolute Gasteiger partial charge is 0.237 e. The van der Waals surface area contributed by atoms with Gasteiger partial charge in [-0.1, -0.05) is 30.3 Å². The van der Waals surface area contributed by atoms with Crippen LogP contribution in [0.5, 0.6) is 5.75 Å². The zero-order chi connectivity index (χ0) is 15.0. The van der Waals surface area contributed by atoms with Gasteiger partial charge in [0.25, 0.3) is 0 Å². The molecular weight excluding hydrogens is 268 g/mol. The van der Waals surface area contributed by atoms with Crippen molar-refractivity contribution in [2.24, 2.45) is 0 Å². The summed E-state index contributed by atoms with van der Waals surface area (Å²) < 4.78 is 5.05. The number of methoxy groups -OCH3 is 1. The van der Waals surface area contributed by atoms with E-state index < -0.39 is 11.6 Å².